The molecule has 0 radical (unpaired) electrons. The van der Waals surface area contributed by atoms with Gasteiger partial charge in [0.2, 0.25) is 5.91 Å². The lowest BCUT2D eigenvalue weighted by molar-refractivity contribution is -0.115. The van der Waals surface area contributed by atoms with Crippen molar-refractivity contribution in [1.82, 2.24) is 10.2 Å². The maximum atomic E-state index is 9.46. The minimum atomic E-state index is -0.480. The lowest BCUT2D eigenvalue weighted by Crippen LogP contribution is -2.10. The maximum absolute atomic E-state index is 9.46. The number of carbonyl (C=O) groups excluding carboxylic acids is 1. The van der Waals surface area contributed by atoms with Gasteiger partial charge in [0.15, 0.2) is 0 Å². The molecule has 0 aliphatic heterocycles. The van der Waals surface area contributed by atoms with Crippen LogP contribution in [0.3, 0.4) is 0 Å². The quantitative estimate of drug-likeness (QED) is 0.816. The van der Waals surface area contributed by atoms with Gasteiger partial charge in [0.05, 0.1) is 5.69 Å². The Kier molecular flexibility index (Phi) is 5.82. The average molecular weight is 252 g/mol. The highest BCUT2D eigenvalue weighted by Crippen LogP contribution is 2.04. The number of H-pyrrole nitrogens is 1. The van der Waals surface area contributed by atoms with E-state index in [2.05, 4.69) is 28.1 Å². The van der Waals surface area contributed by atoms with Crippen molar-refractivity contribution < 1.29 is 4.79 Å². The van der Waals surface area contributed by atoms with Crippen LogP contribution in [0, 0.1) is 0 Å². The number of nitrogens with one attached hydrogen (secondary N) is 1. The Bertz CT molecular complexity index is 428. The summed E-state index contributed by atoms with van der Waals surface area (Å²) in [7, 11) is 0. The molecule has 0 aliphatic rings. The fourth-order valence-electron chi connectivity index (χ4n) is 1.19. The Balaban J connectivity index is 0.000000249. The molecule has 0 unspecified atom stereocenters. The summed E-state index contributed by atoms with van der Waals surface area (Å²) >= 11 is 4.86. The second kappa shape index (κ2) is 7.46. The number of hydrogen-bond acceptors (Lipinski definition) is 2. The normalized spacial score (nSPS) is 9.24. The summed E-state index contributed by atoms with van der Waals surface area (Å²) in [5.74, 6) is -0.563. The molecule has 1 amide bonds. The third kappa shape index (κ3) is 5.73. The van der Waals surface area contributed by atoms with E-state index in [1.54, 1.807) is 0 Å². The van der Waals surface area contributed by atoms with Crippen LogP contribution in [0.25, 0.3) is 0 Å². The number of alkyl halides is 1. The van der Waals surface area contributed by atoms with Crippen LogP contribution in [0.5, 0.6) is 0 Å². The van der Waals surface area contributed by atoms with Gasteiger partial charge >= 0.3 is 0 Å². The first-order chi connectivity index (χ1) is 8.22. The van der Waals surface area contributed by atoms with Crippen LogP contribution in [-0.2, 0) is 11.2 Å². The van der Waals surface area contributed by atoms with E-state index in [1.165, 1.54) is 5.56 Å². The highest BCUT2D eigenvalue weighted by Gasteiger charge is 1.95. The molecule has 2 aromatic rings. The number of nitrogens with two attached hydrogens (primary N) is 1. The molecule has 1 heterocycles. The van der Waals surface area contributed by atoms with Crippen LogP contribution < -0.4 is 5.73 Å². The van der Waals surface area contributed by atoms with Crippen LogP contribution in [0.2, 0.25) is 0 Å². The van der Waals surface area contributed by atoms with Gasteiger partial charge in [-0.25, -0.2) is 0 Å². The molecule has 0 saturated carbocycles. The molecule has 0 spiro atoms. The van der Waals surface area contributed by atoms with E-state index in [9.17, 15) is 4.79 Å². The molecule has 0 fully saturated rings. The summed E-state index contributed by atoms with van der Waals surface area (Å²) in [6.07, 6.45) is 2.75. The first-order valence-electron chi connectivity index (χ1n) is 5.09. The lowest BCUT2D eigenvalue weighted by Gasteiger charge is -1.95. The number of halogens is 1. The lowest BCUT2D eigenvalue weighted by atomic mass is 10.1. The Morgan fingerprint density at radius 2 is 1.94 bits per heavy atom. The number of rotatable bonds is 3. The van der Waals surface area contributed by atoms with E-state index in [0.717, 1.165) is 12.1 Å². The zero-order valence-corrected chi connectivity index (χ0v) is 10.0. The van der Waals surface area contributed by atoms with Crippen LogP contribution in [-0.4, -0.2) is 22.0 Å². The molecular weight excluding hydrogens is 238 g/mol. The number of carbonyl (C=O) groups is 1. The van der Waals surface area contributed by atoms with Gasteiger partial charge in [-0.2, -0.15) is 5.10 Å². The monoisotopic (exact) mass is 251 g/mol. The number of hydrogen-bond donors (Lipinski definition) is 2. The second-order valence-electron chi connectivity index (χ2n) is 3.33. The number of nitrogens with zero attached hydrogens (tertiary/aromatic N) is 1. The van der Waals surface area contributed by atoms with E-state index in [0.29, 0.717) is 0 Å². The molecule has 0 bridgehead atoms. The highest BCUT2D eigenvalue weighted by molar-refractivity contribution is 6.27. The Morgan fingerprint density at radius 3 is 2.41 bits per heavy atom. The number of aromatic amines is 1. The summed E-state index contributed by atoms with van der Waals surface area (Å²) in [4.78, 5) is 9.46. The topological polar surface area (TPSA) is 71.8 Å². The molecule has 1 aromatic carbocycles. The first-order valence-corrected chi connectivity index (χ1v) is 5.62. The fraction of sp³-hybridized carbons (Fsp3) is 0.167. The van der Waals surface area contributed by atoms with Gasteiger partial charge in [-0.15, -0.1) is 11.6 Å². The molecule has 5 heteroatoms. The van der Waals surface area contributed by atoms with Crippen molar-refractivity contribution >= 4 is 17.5 Å². The second-order valence-corrected chi connectivity index (χ2v) is 3.60. The van der Waals surface area contributed by atoms with E-state index in [-0.39, 0.29) is 5.88 Å². The van der Waals surface area contributed by atoms with Crippen LogP contribution >= 0.6 is 11.6 Å². The predicted molar refractivity (Wildman–Crippen MR) is 67.8 cm³/mol. The molecule has 1 aromatic heterocycles. The van der Waals surface area contributed by atoms with Crippen molar-refractivity contribution in [2.45, 2.75) is 6.42 Å². The fourth-order valence-corrected chi connectivity index (χ4v) is 1.19. The Hall–Kier alpha value is -1.81. The minimum absolute atomic E-state index is 0.0833. The number of primary amides is 1. The minimum Gasteiger partial charge on any atom is -0.369 e. The smallest absolute Gasteiger partial charge is 0.232 e. The van der Waals surface area contributed by atoms with Crippen LogP contribution in [0.1, 0.15) is 11.3 Å². The Labute approximate surface area is 105 Å². The van der Waals surface area contributed by atoms with Crippen molar-refractivity contribution in [3.8, 4) is 0 Å². The standard InChI is InChI=1S/C10H10N2.C2H4ClNO/c1-2-4-9(5-3-1)8-10-6-7-11-12-10;3-1-2(4)5/h1-7H,8H2,(H,11,12);1H2,(H2,4,5). The first kappa shape index (κ1) is 13.3. The summed E-state index contributed by atoms with van der Waals surface area (Å²) in [6.45, 7) is 0. The van der Waals surface area contributed by atoms with Gasteiger partial charge in [-0.05, 0) is 11.6 Å². The summed E-state index contributed by atoms with van der Waals surface area (Å²) in [5, 5.41) is 6.89. The van der Waals surface area contributed by atoms with Gasteiger partial charge < -0.3 is 5.73 Å². The van der Waals surface area contributed by atoms with E-state index < -0.39 is 5.91 Å². The van der Waals surface area contributed by atoms with Gasteiger partial charge in [0, 0.05) is 12.6 Å². The molecule has 3 N–H and O–H groups in total. The van der Waals surface area contributed by atoms with Gasteiger partial charge in [0.25, 0.3) is 0 Å². The number of amides is 1. The molecule has 17 heavy (non-hydrogen) atoms. The van der Waals surface area contributed by atoms with E-state index >= 15 is 0 Å². The van der Waals surface area contributed by atoms with E-state index in [4.69, 9.17) is 11.6 Å². The van der Waals surface area contributed by atoms with Crippen molar-refractivity contribution in [2.24, 2.45) is 5.73 Å². The van der Waals surface area contributed by atoms with E-state index in [1.807, 2.05) is 30.5 Å². The van der Waals surface area contributed by atoms with Crippen molar-refractivity contribution in [2.75, 3.05) is 5.88 Å². The average Bonchev–Trinajstić information content (AvgIpc) is 2.84. The number of aromatic nitrogens is 2. The zero-order valence-electron chi connectivity index (χ0n) is 9.27. The molecule has 90 valence electrons. The zero-order chi connectivity index (χ0) is 12.5. The van der Waals surface area contributed by atoms with Crippen molar-refractivity contribution in [3.63, 3.8) is 0 Å². The van der Waals surface area contributed by atoms with Gasteiger partial charge in [-0.3, -0.25) is 9.89 Å². The SMILES string of the molecule is NC(=O)CCl.c1ccc(Cc2cc[nH]n2)cc1. The molecular formula is C12H14ClN3O. The largest absolute Gasteiger partial charge is 0.369 e. The van der Waals surface area contributed by atoms with Crippen molar-refractivity contribution in [3.05, 3.63) is 53.9 Å². The van der Waals surface area contributed by atoms with Gasteiger partial charge in [0.1, 0.15) is 5.88 Å². The van der Waals surface area contributed by atoms with Crippen molar-refractivity contribution in [1.29, 1.82) is 0 Å². The Morgan fingerprint density at radius 1 is 1.29 bits per heavy atom. The molecule has 4 nitrogen and oxygen atoms in total. The van der Waals surface area contributed by atoms with Gasteiger partial charge in [-0.1, -0.05) is 30.3 Å². The molecule has 0 saturated heterocycles. The number of benzene rings is 1. The van der Waals surface area contributed by atoms with Crippen LogP contribution in [0.15, 0.2) is 42.6 Å². The molecule has 2 rings (SSSR count). The summed E-state index contributed by atoms with van der Waals surface area (Å²) < 4.78 is 0. The third-order valence-electron chi connectivity index (χ3n) is 1.92. The van der Waals surface area contributed by atoms with Crippen LogP contribution in [0.4, 0.5) is 0 Å². The highest BCUT2D eigenvalue weighted by atomic mass is 35.5. The molecule has 0 aliphatic carbocycles. The summed E-state index contributed by atoms with van der Waals surface area (Å²) in [5.41, 5.74) is 6.90. The third-order valence-corrected chi connectivity index (χ3v) is 2.18. The predicted octanol–water partition coefficient (Wildman–Crippen LogP) is 1.71. The molecule has 0 atom stereocenters. The summed E-state index contributed by atoms with van der Waals surface area (Å²) in [6, 6.07) is 12.3. The maximum Gasteiger partial charge on any atom is 0.232 e.